The highest BCUT2D eigenvalue weighted by Crippen LogP contribution is 2.25. The van der Waals surface area contributed by atoms with Crippen LogP contribution in [-0.4, -0.2) is 70.7 Å². The van der Waals surface area contributed by atoms with Crippen LogP contribution >= 0.6 is 11.6 Å². The van der Waals surface area contributed by atoms with Crippen molar-refractivity contribution in [3.63, 3.8) is 0 Å². The third-order valence-electron chi connectivity index (χ3n) is 7.99. The van der Waals surface area contributed by atoms with Crippen LogP contribution in [0, 0.1) is 5.92 Å². The Bertz CT molecular complexity index is 1390. The Morgan fingerprint density at radius 2 is 1.71 bits per heavy atom. The zero-order chi connectivity index (χ0) is 29.4. The third kappa shape index (κ3) is 8.11. The summed E-state index contributed by atoms with van der Waals surface area (Å²) in [5, 5.41) is 6.70. The van der Waals surface area contributed by atoms with Gasteiger partial charge in [-0.3, -0.25) is 4.90 Å². The number of likely N-dealkylation sites (tertiary alicyclic amines) is 1. The molecule has 1 unspecified atom stereocenters. The average molecular weight is 611 g/mol. The number of halogens is 1. The van der Waals surface area contributed by atoms with Crippen LogP contribution in [0.4, 0.5) is 16.2 Å². The fourth-order valence-corrected chi connectivity index (χ4v) is 7.15. The van der Waals surface area contributed by atoms with Gasteiger partial charge in [-0.1, -0.05) is 41.9 Å². The lowest BCUT2D eigenvalue weighted by atomic mass is 9.90. The number of nitrogens with one attached hydrogen (secondary N) is 2. The SMILES string of the molecule is O=C(Nc1ccc(Cl)cc1)N(CCCN1CCC(Cc2ccc(S(=O)(=O)C3CNCCO3)cc2)CC1)c1ccccc1. The molecule has 2 aliphatic heterocycles. The molecule has 10 heteroatoms. The van der Waals surface area contributed by atoms with Crippen molar-refractivity contribution in [2.45, 2.75) is 36.0 Å². The maximum atomic E-state index is 13.2. The Labute approximate surface area is 253 Å². The van der Waals surface area contributed by atoms with E-state index in [-0.39, 0.29) is 6.03 Å². The van der Waals surface area contributed by atoms with Crippen LogP contribution < -0.4 is 15.5 Å². The quantitative estimate of drug-likeness (QED) is 0.318. The smallest absolute Gasteiger partial charge is 0.326 e. The van der Waals surface area contributed by atoms with Crippen LogP contribution in [0.1, 0.15) is 24.8 Å². The number of urea groups is 1. The van der Waals surface area contributed by atoms with E-state index in [1.165, 1.54) is 5.56 Å². The molecule has 2 heterocycles. The van der Waals surface area contributed by atoms with Crippen LogP contribution in [-0.2, 0) is 21.0 Å². The molecule has 2 fully saturated rings. The van der Waals surface area contributed by atoms with Crippen molar-refractivity contribution in [1.29, 1.82) is 0 Å². The number of hydrogen-bond acceptors (Lipinski definition) is 6. The van der Waals surface area contributed by atoms with Gasteiger partial charge in [0.25, 0.3) is 0 Å². The summed E-state index contributed by atoms with van der Waals surface area (Å²) in [7, 11) is -3.50. The molecule has 3 aromatic carbocycles. The van der Waals surface area contributed by atoms with Gasteiger partial charge >= 0.3 is 6.03 Å². The molecule has 3 aromatic rings. The summed E-state index contributed by atoms with van der Waals surface area (Å²) >= 11 is 5.99. The zero-order valence-corrected chi connectivity index (χ0v) is 25.3. The molecular formula is C32H39ClN4O4S. The molecule has 2 saturated heterocycles. The largest absolute Gasteiger partial charge is 0.359 e. The average Bonchev–Trinajstić information content (AvgIpc) is 3.02. The van der Waals surface area contributed by atoms with Gasteiger partial charge in [-0.2, -0.15) is 0 Å². The monoisotopic (exact) mass is 610 g/mol. The Balaban J connectivity index is 1.08. The number of para-hydroxylation sites is 1. The number of rotatable bonds is 10. The Morgan fingerprint density at radius 3 is 2.38 bits per heavy atom. The van der Waals surface area contributed by atoms with Crippen LogP contribution in [0.5, 0.6) is 0 Å². The fourth-order valence-electron chi connectivity index (χ4n) is 5.59. The van der Waals surface area contributed by atoms with Gasteiger partial charge in [0.2, 0.25) is 9.84 Å². The number of hydrogen-bond donors (Lipinski definition) is 2. The fraction of sp³-hybridized carbons (Fsp3) is 0.406. The molecule has 0 spiro atoms. The third-order valence-corrected chi connectivity index (χ3v) is 10.2. The number of carbonyl (C=O) groups is 1. The molecule has 2 N–H and O–H groups in total. The van der Waals surface area contributed by atoms with E-state index in [0.717, 1.165) is 51.0 Å². The van der Waals surface area contributed by atoms with Crippen LogP contribution in [0.25, 0.3) is 0 Å². The van der Waals surface area contributed by atoms with Crippen molar-refractivity contribution in [2.24, 2.45) is 5.92 Å². The first kappa shape index (κ1) is 30.5. The van der Waals surface area contributed by atoms with Crippen LogP contribution in [0.15, 0.2) is 83.8 Å². The zero-order valence-electron chi connectivity index (χ0n) is 23.8. The predicted octanol–water partition coefficient (Wildman–Crippen LogP) is 5.44. The summed E-state index contributed by atoms with van der Waals surface area (Å²) in [6.45, 7) is 4.99. The van der Waals surface area contributed by atoms with E-state index in [2.05, 4.69) is 15.5 Å². The molecule has 224 valence electrons. The molecule has 0 bridgehead atoms. The molecule has 42 heavy (non-hydrogen) atoms. The van der Waals surface area contributed by atoms with Gasteiger partial charge in [0.1, 0.15) is 0 Å². The lowest BCUT2D eigenvalue weighted by Crippen LogP contribution is -2.43. The maximum absolute atomic E-state index is 13.2. The Hall–Kier alpha value is -2.95. The second-order valence-electron chi connectivity index (χ2n) is 11.0. The first-order valence-electron chi connectivity index (χ1n) is 14.6. The molecule has 1 atom stereocenters. The highest BCUT2D eigenvalue weighted by molar-refractivity contribution is 7.92. The molecule has 2 aliphatic rings. The van der Waals surface area contributed by atoms with Crippen molar-refractivity contribution in [2.75, 3.05) is 56.1 Å². The number of nitrogens with zero attached hydrogens (tertiary/aromatic N) is 2. The van der Waals surface area contributed by atoms with Gasteiger partial charge < -0.3 is 20.3 Å². The minimum absolute atomic E-state index is 0.163. The minimum atomic E-state index is -3.50. The van der Waals surface area contributed by atoms with Crippen LogP contribution in [0.3, 0.4) is 0 Å². The topological polar surface area (TPSA) is 91.0 Å². The number of benzene rings is 3. The summed E-state index contributed by atoms with van der Waals surface area (Å²) in [4.78, 5) is 17.8. The number of sulfone groups is 1. The van der Waals surface area contributed by atoms with E-state index in [4.69, 9.17) is 16.3 Å². The Kier molecular flexibility index (Phi) is 10.5. The first-order chi connectivity index (χ1) is 20.4. The molecule has 0 radical (unpaired) electrons. The molecule has 0 aromatic heterocycles. The maximum Gasteiger partial charge on any atom is 0.326 e. The highest BCUT2D eigenvalue weighted by Gasteiger charge is 2.30. The molecule has 2 amide bonds. The van der Waals surface area contributed by atoms with Gasteiger partial charge in [0.05, 0.1) is 11.5 Å². The summed E-state index contributed by atoms with van der Waals surface area (Å²) in [5.74, 6) is 0.570. The van der Waals surface area contributed by atoms with Crippen molar-refractivity contribution in [3.8, 4) is 0 Å². The van der Waals surface area contributed by atoms with E-state index in [0.29, 0.717) is 47.8 Å². The molecule has 0 saturated carbocycles. The first-order valence-corrected chi connectivity index (χ1v) is 16.6. The van der Waals surface area contributed by atoms with Crippen molar-refractivity contribution >= 4 is 38.8 Å². The summed E-state index contributed by atoms with van der Waals surface area (Å²) in [5.41, 5.74) is 1.92. The molecule has 5 rings (SSSR count). The van der Waals surface area contributed by atoms with Crippen molar-refractivity contribution < 1.29 is 17.9 Å². The summed E-state index contributed by atoms with van der Waals surface area (Å²) in [6.07, 6.45) is 4.01. The predicted molar refractivity (Wildman–Crippen MR) is 168 cm³/mol. The molecule has 8 nitrogen and oxygen atoms in total. The van der Waals surface area contributed by atoms with E-state index in [1.807, 2.05) is 42.5 Å². The summed E-state index contributed by atoms with van der Waals surface area (Å²) in [6, 6.07) is 24.0. The minimum Gasteiger partial charge on any atom is -0.359 e. The van der Waals surface area contributed by atoms with E-state index < -0.39 is 15.3 Å². The standard InChI is InChI=1S/C32H39ClN4O4S/c33-27-9-11-28(12-10-27)35-32(38)37(29-5-2-1-3-6-29)19-4-18-36-20-15-26(16-21-36)23-25-7-13-30(14-8-25)42(39,40)31-24-34-17-22-41-31/h1-3,5-14,26,31,34H,4,15-24H2,(H,35,38). The number of amides is 2. The number of piperidine rings is 1. The normalized spacial score (nSPS) is 18.5. The second kappa shape index (κ2) is 14.5. The second-order valence-corrected chi connectivity index (χ2v) is 13.5. The highest BCUT2D eigenvalue weighted by atomic mass is 35.5. The van der Waals surface area contributed by atoms with E-state index in [1.54, 1.807) is 41.3 Å². The van der Waals surface area contributed by atoms with Gasteiger partial charge in [-0.05, 0) is 105 Å². The molecular weight excluding hydrogens is 572 g/mol. The summed E-state index contributed by atoms with van der Waals surface area (Å²) < 4.78 is 31.2. The van der Waals surface area contributed by atoms with Crippen LogP contribution in [0.2, 0.25) is 5.02 Å². The number of anilines is 2. The van der Waals surface area contributed by atoms with E-state index >= 15 is 0 Å². The van der Waals surface area contributed by atoms with Gasteiger partial charge in [0, 0.05) is 36.0 Å². The molecule has 0 aliphatic carbocycles. The van der Waals surface area contributed by atoms with Crippen molar-refractivity contribution in [3.05, 3.63) is 89.4 Å². The van der Waals surface area contributed by atoms with Gasteiger partial charge in [0.15, 0.2) is 5.44 Å². The van der Waals surface area contributed by atoms with E-state index in [9.17, 15) is 13.2 Å². The Morgan fingerprint density at radius 1 is 1.00 bits per heavy atom. The van der Waals surface area contributed by atoms with Crippen molar-refractivity contribution in [1.82, 2.24) is 10.2 Å². The lowest BCUT2D eigenvalue weighted by molar-refractivity contribution is 0.0785. The number of morpholine rings is 1. The number of ether oxygens (including phenoxy) is 1. The number of carbonyl (C=O) groups excluding carboxylic acids is 1. The van der Waals surface area contributed by atoms with Gasteiger partial charge in [-0.15, -0.1) is 0 Å². The lowest BCUT2D eigenvalue weighted by Gasteiger charge is -2.32. The van der Waals surface area contributed by atoms with Gasteiger partial charge in [-0.25, -0.2) is 13.2 Å².